The molecule has 1 aliphatic carbocycles. The van der Waals surface area contributed by atoms with Crippen LogP contribution in [0.3, 0.4) is 0 Å². The van der Waals surface area contributed by atoms with Crippen LogP contribution in [0, 0.1) is 5.92 Å². The summed E-state index contributed by atoms with van der Waals surface area (Å²) in [7, 11) is 0. The highest BCUT2D eigenvalue weighted by atomic mass is 16.3. The van der Waals surface area contributed by atoms with Gasteiger partial charge >= 0.3 is 0 Å². The molecule has 0 bridgehead atoms. The van der Waals surface area contributed by atoms with Crippen molar-refractivity contribution in [2.24, 2.45) is 11.7 Å². The van der Waals surface area contributed by atoms with E-state index in [1.807, 2.05) is 0 Å². The molecule has 1 aliphatic rings. The summed E-state index contributed by atoms with van der Waals surface area (Å²) in [5.41, 5.74) is 12.4. The van der Waals surface area contributed by atoms with E-state index in [-0.39, 0.29) is 6.61 Å². The predicted molar refractivity (Wildman–Crippen MR) is 80.4 cm³/mol. The molecule has 0 aromatic heterocycles. The van der Waals surface area contributed by atoms with Crippen LogP contribution < -0.4 is 16.8 Å². The van der Waals surface area contributed by atoms with Gasteiger partial charge in [-0.1, -0.05) is 19.8 Å². The maximum absolute atomic E-state index is 11.5. The quantitative estimate of drug-likeness (QED) is 0.629. The Morgan fingerprint density at radius 2 is 2.30 bits per heavy atom. The number of rotatable bonds is 4. The first-order chi connectivity index (χ1) is 9.46. The van der Waals surface area contributed by atoms with E-state index in [0.717, 1.165) is 19.3 Å². The number of primary amides is 1. The number of aliphatic hydroxyl groups is 1. The highest BCUT2D eigenvalue weighted by Crippen LogP contribution is 2.35. The van der Waals surface area contributed by atoms with Crippen molar-refractivity contribution < 1.29 is 9.90 Å². The number of aliphatic hydroxyl groups excluding tert-OH is 1. The van der Waals surface area contributed by atoms with Gasteiger partial charge in [0.05, 0.1) is 17.7 Å². The van der Waals surface area contributed by atoms with Crippen LogP contribution in [0.25, 0.3) is 0 Å². The zero-order chi connectivity index (χ0) is 14.8. The van der Waals surface area contributed by atoms with Gasteiger partial charge < -0.3 is 21.9 Å². The number of nitrogens with one attached hydrogen (secondary N) is 1. The minimum Gasteiger partial charge on any atom is -0.399 e. The summed E-state index contributed by atoms with van der Waals surface area (Å²) in [6.45, 7) is 2.21. The number of hydrogen-bond donors (Lipinski definition) is 4. The number of nitrogen functional groups attached to an aromatic ring is 1. The molecule has 6 N–H and O–H groups in total. The van der Waals surface area contributed by atoms with Crippen molar-refractivity contribution in [2.75, 3.05) is 17.7 Å². The zero-order valence-electron chi connectivity index (χ0n) is 11.9. The van der Waals surface area contributed by atoms with Gasteiger partial charge in [-0.05, 0) is 37.0 Å². The van der Waals surface area contributed by atoms with Crippen molar-refractivity contribution >= 4 is 17.3 Å². The minimum atomic E-state index is -0.496. The van der Waals surface area contributed by atoms with Gasteiger partial charge in [0.2, 0.25) is 0 Å². The molecule has 1 aromatic carbocycles. The van der Waals surface area contributed by atoms with Gasteiger partial charge in [0.25, 0.3) is 5.91 Å². The van der Waals surface area contributed by atoms with Crippen LogP contribution in [-0.2, 0) is 0 Å². The summed E-state index contributed by atoms with van der Waals surface area (Å²) < 4.78 is 0. The van der Waals surface area contributed by atoms with Gasteiger partial charge in [0.15, 0.2) is 0 Å². The maximum atomic E-state index is 11.5. The molecule has 2 rings (SSSR count). The van der Waals surface area contributed by atoms with Crippen LogP contribution >= 0.6 is 0 Å². The third-order valence-corrected chi connectivity index (χ3v) is 4.10. The lowest BCUT2D eigenvalue weighted by atomic mass is 9.76. The molecule has 0 radical (unpaired) electrons. The molecule has 5 nitrogen and oxygen atoms in total. The Hall–Kier alpha value is -1.75. The average molecular weight is 277 g/mol. The predicted octanol–water partition coefficient (Wildman–Crippen LogP) is 1.72. The molecule has 20 heavy (non-hydrogen) atoms. The lowest BCUT2D eigenvalue weighted by Gasteiger charge is -2.40. The summed E-state index contributed by atoms with van der Waals surface area (Å²) in [6, 6.07) is 4.98. The molecule has 5 heteroatoms. The van der Waals surface area contributed by atoms with E-state index in [2.05, 4.69) is 12.2 Å². The van der Waals surface area contributed by atoms with E-state index in [4.69, 9.17) is 11.5 Å². The normalized spacial score (nSPS) is 26.2. The number of carbonyl (C=O) groups excluding carboxylic acids is 1. The van der Waals surface area contributed by atoms with Crippen LogP contribution in [-0.4, -0.2) is 23.2 Å². The van der Waals surface area contributed by atoms with Crippen LogP contribution in [0.15, 0.2) is 18.2 Å². The molecule has 1 saturated carbocycles. The number of anilines is 2. The second-order valence-electron chi connectivity index (χ2n) is 5.93. The van der Waals surface area contributed by atoms with E-state index in [9.17, 15) is 9.90 Å². The summed E-state index contributed by atoms with van der Waals surface area (Å²) in [6.07, 6.45) is 3.98. The number of carbonyl (C=O) groups is 1. The molecule has 110 valence electrons. The number of benzene rings is 1. The lowest BCUT2D eigenvalue weighted by Crippen LogP contribution is -2.46. The van der Waals surface area contributed by atoms with Gasteiger partial charge in [-0.2, -0.15) is 0 Å². The lowest BCUT2D eigenvalue weighted by molar-refractivity contribution is 0.100. The summed E-state index contributed by atoms with van der Waals surface area (Å²) in [5.74, 6) is 0.0472. The maximum Gasteiger partial charge on any atom is 0.250 e. The smallest absolute Gasteiger partial charge is 0.250 e. The van der Waals surface area contributed by atoms with Crippen molar-refractivity contribution in [3.8, 4) is 0 Å². The second kappa shape index (κ2) is 5.71. The molecule has 0 aliphatic heterocycles. The third-order valence-electron chi connectivity index (χ3n) is 4.10. The first-order valence-electron chi connectivity index (χ1n) is 7.04. The fraction of sp³-hybridized carbons (Fsp3) is 0.533. The largest absolute Gasteiger partial charge is 0.399 e. The van der Waals surface area contributed by atoms with Gasteiger partial charge in [-0.15, -0.1) is 0 Å². The average Bonchev–Trinajstić information content (AvgIpc) is 2.38. The van der Waals surface area contributed by atoms with E-state index < -0.39 is 11.4 Å². The minimum absolute atomic E-state index is 0.0321. The Morgan fingerprint density at radius 1 is 1.55 bits per heavy atom. The summed E-state index contributed by atoms with van der Waals surface area (Å²) >= 11 is 0. The Labute approximate surface area is 119 Å². The van der Waals surface area contributed by atoms with Crippen LogP contribution in [0.1, 0.15) is 43.0 Å². The summed E-state index contributed by atoms with van der Waals surface area (Å²) in [5, 5.41) is 13.1. The molecule has 1 aromatic rings. The first kappa shape index (κ1) is 14.7. The molecule has 2 atom stereocenters. The molecule has 0 saturated heterocycles. The number of amides is 1. The highest BCUT2D eigenvalue weighted by molar-refractivity contribution is 5.99. The Balaban J connectivity index is 2.31. The molecular formula is C15H23N3O2. The SMILES string of the molecule is CC1CCCC(CO)(Nc2cc(N)ccc2C(N)=O)C1. The topological polar surface area (TPSA) is 101 Å². The van der Waals surface area contributed by atoms with Gasteiger partial charge in [0.1, 0.15) is 0 Å². The number of hydrogen-bond acceptors (Lipinski definition) is 4. The van der Waals surface area contributed by atoms with Crippen LogP contribution in [0.4, 0.5) is 11.4 Å². The van der Waals surface area contributed by atoms with Gasteiger partial charge in [0, 0.05) is 11.4 Å². The molecule has 2 unspecified atom stereocenters. The molecule has 0 heterocycles. The monoisotopic (exact) mass is 277 g/mol. The molecular weight excluding hydrogens is 254 g/mol. The Morgan fingerprint density at radius 3 is 2.90 bits per heavy atom. The van der Waals surface area contributed by atoms with E-state index in [1.54, 1.807) is 18.2 Å². The van der Waals surface area contributed by atoms with E-state index in [0.29, 0.717) is 22.9 Å². The molecule has 1 fully saturated rings. The van der Waals surface area contributed by atoms with Crippen molar-refractivity contribution in [3.63, 3.8) is 0 Å². The number of nitrogens with two attached hydrogens (primary N) is 2. The highest BCUT2D eigenvalue weighted by Gasteiger charge is 2.35. The van der Waals surface area contributed by atoms with Crippen molar-refractivity contribution in [3.05, 3.63) is 23.8 Å². The summed E-state index contributed by atoms with van der Waals surface area (Å²) in [4.78, 5) is 11.5. The fourth-order valence-corrected chi connectivity index (χ4v) is 3.12. The van der Waals surface area contributed by atoms with Crippen LogP contribution in [0.5, 0.6) is 0 Å². The Bertz CT molecular complexity index is 504. The molecule has 1 amide bonds. The second-order valence-corrected chi connectivity index (χ2v) is 5.93. The van der Waals surface area contributed by atoms with Gasteiger partial charge in [-0.3, -0.25) is 4.79 Å². The fourth-order valence-electron chi connectivity index (χ4n) is 3.12. The molecule has 0 spiro atoms. The zero-order valence-corrected chi connectivity index (χ0v) is 11.9. The first-order valence-corrected chi connectivity index (χ1v) is 7.04. The van der Waals surface area contributed by atoms with Crippen LogP contribution in [0.2, 0.25) is 0 Å². The third kappa shape index (κ3) is 3.04. The van der Waals surface area contributed by atoms with Crippen molar-refractivity contribution in [1.82, 2.24) is 0 Å². The van der Waals surface area contributed by atoms with Crippen molar-refractivity contribution in [1.29, 1.82) is 0 Å². The standard InChI is InChI=1S/C15H23N3O2/c1-10-3-2-6-15(8-10,9-19)18-13-7-11(16)4-5-12(13)14(17)20/h4-5,7,10,18-19H,2-3,6,8-9,16H2,1H3,(H2,17,20). The van der Waals surface area contributed by atoms with Gasteiger partial charge in [-0.25, -0.2) is 0 Å². The van der Waals surface area contributed by atoms with E-state index >= 15 is 0 Å². The van der Waals surface area contributed by atoms with Crippen molar-refractivity contribution in [2.45, 2.75) is 38.1 Å². The van der Waals surface area contributed by atoms with E-state index in [1.165, 1.54) is 6.42 Å². The Kier molecular flexibility index (Phi) is 4.18.